The smallest absolute Gasteiger partial charge is 0.305 e. The molecule has 98 valence electrons. The number of carbonyl (C=O) groups is 2. The van der Waals surface area contributed by atoms with Gasteiger partial charge >= 0.3 is 5.97 Å². The van der Waals surface area contributed by atoms with E-state index < -0.39 is 12.0 Å². The molecule has 0 aliphatic rings. The minimum atomic E-state index is -1.08. The monoisotopic (exact) mass is 251 g/mol. The SMILES string of the molecule is CCOc1ccc(C(=O)C(N)CC(=O)O)cc1C. The van der Waals surface area contributed by atoms with Crippen LogP contribution in [-0.4, -0.2) is 29.5 Å². The van der Waals surface area contributed by atoms with Crippen molar-refractivity contribution in [3.05, 3.63) is 29.3 Å². The van der Waals surface area contributed by atoms with Gasteiger partial charge in [0.2, 0.25) is 0 Å². The van der Waals surface area contributed by atoms with E-state index in [0.29, 0.717) is 17.9 Å². The van der Waals surface area contributed by atoms with Crippen LogP contribution in [0.1, 0.15) is 29.3 Å². The second kappa shape index (κ2) is 6.16. The Morgan fingerprint density at radius 2 is 2.11 bits per heavy atom. The van der Waals surface area contributed by atoms with Gasteiger partial charge in [-0.2, -0.15) is 0 Å². The zero-order chi connectivity index (χ0) is 13.7. The van der Waals surface area contributed by atoms with Gasteiger partial charge in [0.15, 0.2) is 5.78 Å². The van der Waals surface area contributed by atoms with Gasteiger partial charge in [-0.1, -0.05) is 0 Å². The molecule has 1 unspecified atom stereocenters. The molecule has 0 aliphatic carbocycles. The molecular formula is C13H17NO4. The van der Waals surface area contributed by atoms with E-state index in [9.17, 15) is 9.59 Å². The largest absolute Gasteiger partial charge is 0.494 e. The third kappa shape index (κ3) is 3.56. The lowest BCUT2D eigenvalue weighted by Gasteiger charge is -2.11. The van der Waals surface area contributed by atoms with Crippen molar-refractivity contribution in [2.75, 3.05) is 6.61 Å². The summed E-state index contributed by atoms with van der Waals surface area (Å²) in [4.78, 5) is 22.4. The molecule has 0 radical (unpaired) electrons. The lowest BCUT2D eigenvalue weighted by molar-refractivity contribution is -0.137. The lowest BCUT2D eigenvalue weighted by Crippen LogP contribution is -2.32. The summed E-state index contributed by atoms with van der Waals surface area (Å²) in [5.41, 5.74) is 6.77. The first-order valence-corrected chi connectivity index (χ1v) is 5.70. The molecular weight excluding hydrogens is 234 g/mol. The summed E-state index contributed by atoms with van der Waals surface area (Å²) in [6.07, 6.45) is -0.370. The molecule has 0 bridgehead atoms. The summed E-state index contributed by atoms with van der Waals surface area (Å²) in [5, 5.41) is 8.60. The predicted molar refractivity (Wildman–Crippen MR) is 66.9 cm³/mol. The van der Waals surface area contributed by atoms with E-state index in [1.165, 1.54) is 0 Å². The van der Waals surface area contributed by atoms with Gasteiger partial charge in [0.25, 0.3) is 0 Å². The normalized spacial score (nSPS) is 11.9. The fourth-order valence-electron chi connectivity index (χ4n) is 1.62. The first kappa shape index (κ1) is 14.2. The number of nitrogens with two attached hydrogens (primary N) is 1. The van der Waals surface area contributed by atoms with Crippen LogP contribution in [0.4, 0.5) is 0 Å². The fraction of sp³-hybridized carbons (Fsp3) is 0.385. The minimum absolute atomic E-state index is 0.370. The molecule has 0 spiro atoms. The highest BCUT2D eigenvalue weighted by Crippen LogP contribution is 2.20. The maximum Gasteiger partial charge on any atom is 0.305 e. The molecule has 0 saturated heterocycles. The molecule has 0 heterocycles. The van der Waals surface area contributed by atoms with Crippen molar-refractivity contribution >= 4 is 11.8 Å². The zero-order valence-corrected chi connectivity index (χ0v) is 10.5. The van der Waals surface area contributed by atoms with Gasteiger partial charge in [0.05, 0.1) is 19.1 Å². The van der Waals surface area contributed by atoms with Crippen molar-refractivity contribution in [3.8, 4) is 5.75 Å². The molecule has 0 aliphatic heterocycles. The minimum Gasteiger partial charge on any atom is -0.494 e. The number of carbonyl (C=O) groups excluding carboxylic acids is 1. The van der Waals surface area contributed by atoms with E-state index in [2.05, 4.69) is 0 Å². The summed E-state index contributed by atoms with van der Waals surface area (Å²) in [7, 11) is 0. The van der Waals surface area contributed by atoms with Crippen LogP contribution in [-0.2, 0) is 4.79 Å². The number of carboxylic acid groups (broad SMARTS) is 1. The maximum absolute atomic E-state index is 11.9. The number of aryl methyl sites for hydroxylation is 1. The van der Waals surface area contributed by atoms with Crippen molar-refractivity contribution in [1.82, 2.24) is 0 Å². The molecule has 1 rings (SSSR count). The number of Topliss-reactive ketones (excluding diaryl/α,β-unsaturated/α-hetero) is 1. The Bertz CT molecular complexity index is 456. The maximum atomic E-state index is 11.9. The molecule has 18 heavy (non-hydrogen) atoms. The highest BCUT2D eigenvalue weighted by atomic mass is 16.5. The highest BCUT2D eigenvalue weighted by molar-refractivity contribution is 6.01. The summed E-state index contributed by atoms with van der Waals surface area (Å²) < 4.78 is 5.36. The Hall–Kier alpha value is -1.88. The van der Waals surface area contributed by atoms with Gasteiger partial charge in [-0.15, -0.1) is 0 Å². The topological polar surface area (TPSA) is 89.6 Å². The summed E-state index contributed by atoms with van der Waals surface area (Å²) in [6.45, 7) is 4.25. The van der Waals surface area contributed by atoms with E-state index in [0.717, 1.165) is 5.56 Å². The van der Waals surface area contributed by atoms with E-state index in [4.69, 9.17) is 15.6 Å². The average molecular weight is 251 g/mol. The number of hydrogen-bond donors (Lipinski definition) is 2. The van der Waals surface area contributed by atoms with Crippen LogP contribution in [0.25, 0.3) is 0 Å². The Balaban J connectivity index is 2.87. The van der Waals surface area contributed by atoms with Gasteiger partial charge in [-0.25, -0.2) is 0 Å². The Morgan fingerprint density at radius 1 is 1.44 bits per heavy atom. The van der Waals surface area contributed by atoms with Gasteiger partial charge in [0.1, 0.15) is 5.75 Å². The number of benzene rings is 1. The first-order valence-electron chi connectivity index (χ1n) is 5.70. The molecule has 1 aromatic carbocycles. The molecule has 5 heteroatoms. The van der Waals surface area contributed by atoms with Crippen molar-refractivity contribution in [2.45, 2.75) is 26.3 Å². The molecule has 3 N–H and O–H groups in total. The van der Waals surface area contributed by atoms with Crippen molar-refractivity contribution in [2.24, 2.45) is 5.73 Å². The predicted octanol–water partition coefficient (Wildman–Crippen LogP) is 1.38. The number of carboxylic acids is 1. The van der Waals surface area contributed by atoms with Crippen LogP contribution in [0.5, 0.6) is 5.75 Å². The number of aliphatic carboxylic acids is 1. The molecule has 1 atom stereocenters. The van der Waals surface area contributed by atoms with E-state index >= 15 is 0 Å². The second-order valence-corrected chi connectivity index (χ2v) is 3.98. The third-order valence-corrected chi connectivity index (χ3v) is 2.49. The quantitative estimate of drug-likeness (QED) is 0.745. The molecule has 0 saturated carbocycles. The van der Waals surface area contributed by atoms with Crippen LogP contribution < -0.4 is 10.5 Å². The van der Waals surface area contributed by atoms with Gasteiger partial charge in [-0.3, -0.25) is 9.59 Å². The Kier molecular flexibility index (Phi) is 4.85. The fourth-order valence-corrected chi connectivity index (χ4v) is 1.62. The third-order valence-electron chi connectivity index (χ3n) is 2.49. The second-order valence-electron chi connectivity index (χ2n) is 3.98. The molecule has 5 nitrogen and oxygen atoms in total. The summed E-state index contributed by atoms with van der Waals surface area (Å²) >= 11 is 0. The molecule has 0 fully saturated rings. The van der Waals surface area contributed by atoms with Crippen molar-refractivity contribution in [3.63, 3.8) is 0 Å². The number of hydrogen-bond acceptors (Lipinski definition) is 4. The summed E-state index contributed by atoms with van der Waals surface area (Å²) in [5.74, 6) is -0.747. The van der Waals surface area contributed by atoms with Crippen LogP contribution >= 0.6 is 0 Å². The Labute approximate surface area is 106 Å². The van der Waals surface area contributed by atoms with Crippen molar-refractivity contribution < 1.29 is 19.4 Å². The Morgan fingerprint density at radius 3 is 2.61 bits per heavy atom. The van der Waals surface area contributed by atoms with E-state index in [1.807, 2.05) is 13.8 Å². The lowest BCUT2D eigenvalue weighted by atomic mass is 10.0. The number of ether oxygens (including phenoxy) is 1. The molecule has 1 aromatic rings. The van der Waals surface area contributed by atoms with Crippen LogP contribution in [0.3, 0.4) is 0 Å². The van der Waals surface area contributed by atoms with Gasteiger partial charge in [0, 0.05) is 5.56 Å². The standard InChI is InChI=1S/C13H17NO4/c1-3-18-11-5-4-9(6-8(11)2)13(17)10(14)7-12(15)16/h4-6,10H,3,7,14H2,1-2H3,(H,15,16). The molecule has 0 amide bonds. The highest BCUT2D eigenvalue weighted by Gasteiger charge is 2.19. The summed E-state index contributed by atoms with van der Waals surface area (Å²) in [6, 6.07) is 3.94. The molecule has 0 aromatic heterocycles. The van der Waals surface area contributed by atoms with Crippen molar-refractivity contribution in [1.29, 1.82) is 0 Å². The van der Waals surface area contributed by atoms with Crippen LogP contribution in [0, 0.1) is 6.92 Å². The number of ketones is 1. The number of rotatable bonds is 6. The van der Waals surface area contributed by atoms with Gasteiger partial charge in [-0.05, 0) is 37.6 Å². The van der Waals surface area contributed by atoms with E-state index in [1.54, 1.807) is 18.2 Å². The van der Waals surface area contributed by atoms with Crippen LogP contribution in [0.2, 0.25) is 0 Å². The first-order chi connectivity index (χ1) is 8.45. The zero-order valence-electron chi connectivity index (χ0n) is 10.5. The van der Waals surface area contributed by atoms with E-state index in [-0.39, 0.29) is 12.2 Å². The average Bonchev–Trinajstić information content (AvgIpc) is 2.30. The van der Waals surface area contributed by atoms with Crippen LogP contribution in [0.15, 0.2) is 18.2 Å². The van der Waals surface area contributed by atoms with Gasteiger partial charge < -0.3 is 15.6 Å².